The van der Waals surface area contributed by atoms with E-state index in [2.05, 4.69) is 16.4 Å². The van der Waals surface area contributed by atoms with Gasteiger partial charge in [-0.05, 0) is 66.8 Å². The number of hydrogen-bond donors (Lipinski definition) is 2. The lowest BCUT2D eigenvalue weighted by Gasteiger charge is -2.36. The van der Waals surface area contributed by atoms with E-state index in [1.807, 2.05) is 13.8 Å². The summed E-state index contributed by atoms with van der Waals surface area (Å²) in [7, 11) is -5.49. The molecule has 3 aromatic rings. The summed E-state index contributed by atoms with van der Waals surface area (Å²) in [5, 5.41) is 12.8. The maximum atomic E-state index is 16.5. The molecule has 4 aliphatic rings. The van der Waals surface area contributed by atoms with Crippen molar-refractivity contribution in [2.24, 2.45) is 11.8 Å². The van der Waals surface area contributed by atoms with Gasteiger partial charge in [0.25, 0.3) is 5.91 Å². The average Bonchev–Trinajstić information content (AvgIpc) is 4.05. The lowest BCUT2D eigenvalue weighted by atomic mass is 9.91. The first kappa shape index (κ1) is 50.2. The third-order valence-electron chi connectivity index (χ3n) is 12.4. The van der Waals surface area contributed by atoms with Gasteiger partial charge in [0.15, 0.2) is 5.12 Å². The minimum absolute atomic E-state index is 0.0645. The van der Waals surface area contributed by atoms with Gasteiger partial charge in [-0.15, -0.1) is 11.3 Å². The smallest absolute Gasteiger partial charge is 0.431 e. The van der Waals surface area contributed by atoms with Crippen LogP contribution >= 0.6 is 30.7 Å². The molecule has 362 valence electrons. The number of benzene rings is 1. The van der Waals surface area contributed by atoms with E-state index in [-0.39, 0.29) is 70.0 Å². The molecule has 0 spiro atoms. The number of aromatic amines is 1. The number of halogens is 2. The number of pyridine rings is 1. The van der Waals surface area contributed by atoms with Crippen LogP contribution in [-0.4, -0.2) is 113 Å². The van der Waals surface area contributed by atoms with Crippen molar-refractivity contribution in [3.05, 3.63) is 69.0 Å². The molecule has 4 aliphatic heterocycles. The normalized spacial score (nSPS) is 23.5. The van der Waals surface area contributed by atoms with Crippen LogP contribution in [0.4, 0.5) is 13.6 Å². The number of aromatic nitrogens is 1. The highest BCUT2D eigenvalue weighted by molar-refractivity contribution is 8.13. The van der Waals surface area contributed by atoms with Crippen molar-refractivity contribution >= 4 is 69.8 Å². The lowest BCUT2D eigenvalue weighted by molar-refractivity contribution is -0.146. The van der Waals surface area contributed by atoms with Gasteiger partial charge in [0.2, 0.25) is 24.2 Å². The summed E-state index contributed by atoms with van der Waals surface area (Å²) in [4.78, 5) is 84.9. The van der Waals surface area contributed by atoms with E-state index in [4.69, 9.17) is 23.3 Å². The zero-order valence-corrected chi connectivity index (χ0v) is 39.7. The van der Waals surface area contributed by atoms with Gasteiger partial charge in [0, 0.05) is 72.6 Å². The Morgan fingerprint density at radius 1 is 1.03 bits per heavy atom. The van der Waals surface area contributed by atoms with Crippen LogP contribution in [0, 0.1) is 23.2 Å². The second kappa shape index (κ2) is 22.1. The van der Waals surface area contributed by atoms with Crippen LogP contribution in [-0.2, 0) is 47.9 Å². The minimum atomic E-state index is -5.49. The fraction of sp³-hybridized carbons (Fsp3) is 0.578. The van der Waals surface area contributed by atoms with Crippen LogP contribution < -0.4 is 10.9 Å². The van der Waals surface area contributed by atoms with Crippen LogP contribution in [0.1, 0.15) is 98.4 Å². The van der Waals surface area contributed by atoms with Crippen molar-refractivity contribution in [2.45, 2.75) is 107 Å². The summed E-state index contributed by atoms with van der Waals surface area (Å²) in [6.07, 6.45) is 4.22. The van der Waals surface area contributed by atoms with Gasteiger partial charge in [-0.25, -0.2) is 4.79 Å². The van der Waals surface area contributed by atoms with Crippen LogP contribution in [0.25, 0.3) is 10.1 Å². The molecule has 67 heavy (non-hydrogen) atoms. The van der Waals surface area contributed by atoms with E-state index in [0.29, 0.717) is 68.4 Å². The van der Waals surface area contributed by atoms with E-state index < -0.39 is 74.3 Å². The van der Waals surface area contributed by atoms with Gasteiger partial charge in [-0.3, -0.25) is 33.1 Å². The second-order valence-electron chi connectivity index (χ2n) is 17.5. The first-order valence-electron chi connectivity index (χ1n) is 22.4. The molecule has 7 rings (SSSR count). The van der Waals surface area contributed by atoms with Gasteiger partial charge < -0.3 is 38.8 Å². The Morgan fingerprint density at radius 3 is 2.55 bits per heavy atom. The number of nitrogens with zero attached hydrogens (tertiary/aromatic N) is 3. The number of nitriles is 1. The maximum Gasteiger partial charge on any atom is 0.510 e. The van der Waals surface area contributed by atoms with Crippen LogP contribution in [0.15, 0.2) is 47.4 Å². The van der Waals surface area contributed by atoms with Crippen molar-refractivity contribution in [3.8, 4) is 6.07 Å². The number of H-pyrrole nitrogens is 1. The predicted molar refractivity (Wildman–Crippen MR) is 242 cm³/mol. The highest BCUT2D eigenvalue weighted by Crippen LogP contribution is 2.67. The summed E-state index contributed by atoms with van der Waals surface area (Å²) in [6.45, 7) is 3.03. The average molecular weight is 990 g/mol. The minimum Gasteiger partial charge on any atom is -0.431 e. The Labute approximate surface area is 394 Å². The van der Waals surface area contributed by atoms with Gasteiger partial charge in [0.05, 0.1) is 36.7 Å². The number of amides is 3. The summed E-state index contributed by atoms with van der Waals surface area (Å²) >= 11 is 1.83. The molecule has 0 radical (unpaired) electrons. The van der Waals surface area contributed by atoms with Crippen molar-refractivity contribution in [2.75, 3.05) is 45.5 Å². The molecule has 4 saturated heterocycles. The molecule has 0 bridgehead atoms. The van der Waals surface area contributed by atoms with Crippen LogP contribution in [0.2, 0.25) is 0 Å². The molecule has 17 nitrogen and oxygen atoms in total. The molecule has 2 aromatic heterocycles. The van der Waals surface area contributed by atoms with E-state index in [9.17, 15) is 38.6 Å². The van der Waals surface area contributed by atoms with Crippen molar-refractivity contribution in [3.63, 3.8) is 0 Å². The molecular weight excluding hydrogens is 936 g/mol. The number of carbonyl (C=O) groups is 5. The van der Waals surface area contributed by atoms with Crippen molar-refractivity contribution in [1.82, 2.24) is 20.1 Å². The standard InChI is InChI=1S/C45H54F2N5O12PS2/c1-27(2)19-40(54)66-18-17-62-65(59,63-26-61-44(58)64-33-12-15-60-16-13-33)45(46,47)31-7-10-37-29(20-31)21-38(67-37)41(55)50-35-6-4-3-5-32-8-9-36(52(32)42(35)56)43(57)51-24-30(23-48)34(25-51)28-11-14-49-39(53)22-28/h7,10-11,14,20-22,27,30,32-36H,3-6,8-9,12-13,15-19,24-26H2,1-2H3,(H,49,53)(H,50,55)/t30-,32-,34+,35-,36-,65?/m0/s1. The van der Waals surface area contributed by atoms with Crippen LogP contribution in [0.5, 0.6) is 0 Å². The maximum absolute atomic E-state index is 16.5. The van der Waals surface area contributed by atoms with Gasteiger partial charge in [-0.1, -0.05) is 44.5 Å². The highest BCUT2D eigenvalue weighted by atomic mass is 32.2. The fourth-order valence-electron chi connectivity index (χ4n) is 9.01. The topological polar surface area (TPSA) is 224 Å². The van der Waals surface area contributed by atoms with E-state index in [0.717, 1.165) is 41.7 Å². The molecule has 1 aromatic carbocycles. The SMILES string of the molecule is CC(C)CC(=O)SCCOP(=O)(OCOC(=O)OC1CCOCC1)C(F)(F)c1ccc2sc(C(=O)N[C@H]3CCCC[C@H]4CC[C@@H](C(=O)N5C[C@H](c6cc[nH]c(=O)c6)[C@@H](C#N)C5)N4C3=O)cc2c1. The first-order valence-corrected chi connectivity index (χ1v) is 25.8. The molecule has 4 fully saturated rings. The van der Waals surface area contributed by atoms with E-state index >= 15 is 8.78 Å². The monoisotopic (exact) mass is 989 g/mol. The molecule has 0 saturated carbocycles. The van der Waals surface area contributed by atoms with Gasteiger partial charge in [-0.2, -0.15) is 14.0 Å². The van der Waals surface area contributed by atoms with Crippen LogP contribution in [0.3, 0.4) is 0 Å². The van der Waals surface area contributed by atoms with Gasteiger partial charge in [0.1, 0.15) is 18.2 Å². The summed E-state index contributed by atoms with van der Waals surface area (Å²) in [5.41, 5.74) is -4.76. The highest BCUT2D eigenvalue weighted by Gasteiger charge is 2.56. The molecule has 1 unspecified atom stereocenters. The number of ether oxygens (including phenoxy) is 3. The first-order chi connectivity index (χ1) is 32.1. The fourth-order valence-corrected chi connectivity index (χ4v) is 12.3. The number of thiophene rings is 1. The Balaban J connectivity index is 1.03. The number of thioether (sulfide) groups is 1. The number of fused-ring (bicyclic) bond motifs is 2. The number of hydrogen-bond acceptors (Lipinski definition) is 15. The van der Waals surface area contributed by atoms with Crippen molar-refractivity contribution in [1.29, 1.82) is 5.26 Å². The summed E-state index contributed by atoms with van der Waals surface area (Å²) in [6, 6.07) is 8.17. The quantitative estimate of drug-likeness (QED) is 0.0624. The summed E-state index contributed by atoms with van der Waals surface area (Å²) < 4.78 is 73.0. The molecular formula is C45H54F2N5O12PS2. The predicted octanol–water partition coefficient (Wildman–Crippen LogP) is 7.26. The van der Waals surface area contributed by atoms with E-state index in [1.165, 1.54) is 24.4 Å². The summed E-state index contributed by atoms with van der Waals surface area (Å²) in [5.74, 6) is -2.29. The third-order valence-corrected chi connectivity index (χ3v) is 16.3. The van der Waals surface area contributed by atoms with Crippen molar-refractivity contribution < 1.29 is 60.6 Å². The van der Waals surface area contributed by atoms with E-state index in [1.54, 1.807) is 15.9 Å². The molecule has 2 N–H and O–H groups in total. The zero-order chi connectivity index (χ0) is 47.9. The Bertz CT molecular complexity index is 2460. The molecule has 22 heteroatoms. The molecule has 3 amide bonds. The zero-order valence-electron chi connectivity index (χ0n) is 37.2. The Hall–Kier alpha value is -4.71. The Kier molecular flexibility index (Phi) is 16.6. The molecule has 6 atom stereocenters. The lowest BCUT2D eigenvalue weighted by Crippen LogP contribution is -2.56. The number of carbonyl (C=O) groups excluding carboxylic acids is 5. The number of likely N-dealkylation sites (tertiary alicyclic amines) is 1. The second-order valence-corrected chi connectivity index (χ2v) is 21.8. The largest absolute Gasteiger partial charge is 0.510 e. The third kappa shape index (κ3) is 11.9. The number of rotatable bonds is 16. The number of nitrogens with one attached hydrogen (secondary N) is 2. The molecule has 6 heterocycles. The molecule has 0 aliphatic carbocycles. The Morgan fingerprint density at radius 2 is 1.81 bits per heavy atom. The van der Waals surface area contributed by atoms with Gasteiger partial charge >= 0.3 is 19.4 Å². The number of alkyl halides is 2.